The molecule has 0 bridgehead atoms. The van der Waals surface area contributed by atoms with Gasteiger partial charge in [-0.25, -0.2) is 0 Å². The van der Waals surface area contributed by atoms with E-state index in [9.17, 15) is 5.11 Å². The Balaban J connectivity index is 3.50. The van der Waals surface area contributed by atoms with Gasteiger partial charge in [0.25, 0.3) is 0 Å². The van der Waals surface area contributed by atoms with Crippen LogP contribution in [0.4, 0.5) is 0 Å². The fourth-order valence-electron chi connectivity index (χ4n) is 2.98. The summed E-state index contributed by atoms with van der Waals surface area (Å²) in [5.74, 6) is 0.939. The first-order chi connectivity index (χ1) is 8.61. The molecule has 1 rings (SSSR count). The zero-order chi connectivity index (χ0) is 15.0. The summed E-state index contributed by atoms with van der Waals surface area (Å²) in [5.41, 5.74) is 3.80. The van der Waals surface area contributed by atoms with E-state index in [1.54, 1.807) is 7.11 Å². The van der Waals surface area contributed by atoms with Crippen molar-refractivity contribution in [2.75, 3.05) is 21.2 Å². The summed E-state index contributed by atoms with van der Waals surface area (Å²) in [4.78, 5) is 2.06. The van der Waals surface area contributed by atoms with E-state index in [0.29, 0.717) is 0 Å². The molecule has 0 heterocycles. The van der Waals surface area contributed by atoms with E-state index in [-0.39, 0.29) is 6.04 Å². The van der Waals surface area contributed by atoms with Crippen molar-refractivity contribution in [3.63, 3.8) is 0 Å². The van der Waals surface area contributed by atoms with Crippen molar-refractivity contribution in [1.82, 2.24) is 4.90 Å². The van der Waals surface area contributed by atoms with Crippen LogP contribution in [0.25, 0.3) is 0 Å². The minimum Gasteiger partial charge on any atom is -0.496 e. The van der Waals surface area contributed by atoms with Gasteiger partial charge in [-0.05, 0) is 71.0 Å². The van der Waals surface area contributed by atoms with Crippen molar-refractivity contribution < 1.29 is 9.84 Å². The number of benzene rings is 1. The lowest BCUT2D eigenvalue weighted by atomic mass is 9.85. The molecule has 0 aliphatic rings. The summed E-state index contributed by atoms with van der Waals surface area (Å²) >= 11 is 0. The van der Waals surface area contributed by atoms with Crippen LogP contribution in [0.3, 0.4) is 0 Å². The predicted molar refractivity (Wildman–Crippen MR) is 79.9 cm³/mol. The summed E-state index contributed by atoms with van der Waals surface area (Å²) in [6.07, 6.45) is 0. The Morgan fingerprint density at radius 1 is 1.16 bits per heavy atom. The van der Waals surface area contributed by atoms with Crippen LogP contribution in [0.15, 0.2) is 6.07 Å². The van der Waals surface area contributed by atoms with E-state index in [0.717, 1.165) is 22.4 Å². The maximum Gasteiger partial charge on any atom is 0.124 e. The Morgan fingerprint density at radius 2 is 1.68 bits per heavy atom. The Morgan fingerprint density at radius 3 is 2.05 bits per heavy atom. The van der Waals surface area contributed by atoms with Crippen molar-refractivity contribution in [2.24, 2.45) is 0 Å². The zero-order valence-corrected chi connectivity index (χ0v) is 13.5. The molecule has 1 N–H and O–H groups in total. The van der Waals surface area contributed by atoms with Crippen LogP contribution < -0.4 is 4.74 Å². The van der Waals surface area contributed by atoms with Gasteiger partial charge >= 0.3 is 0 Å². The first kappa shape index (κ1) is 16.0. The van der Waals surface area contributed by atoms with Gasteiger partial charge in [0.05, 0.1) is 18.8 Å². The maximum absolute atomic E-state index is 10.5. The third kappa shape index (κ3) is 3.10. The monoisotopic (exact) mass is 265 g/mol. The molecule has 0 aliphatic heterocycles. The Labute approximate surface area is 117 Å². The molecule has 0 aromatic heterocycles. The molecular formula is C16H27NO2. The molecule has 19 heavy (non-hydrogen) atoms. The predicted octanol–water partition coefficient (Wildman–Crippen LogP) is 2.99. The molecule has 1 aromatic rings. The van der Waals surface area contributed by atoms with Crippen LogP contribution >= 0.6 is 0 Å². The minimum absolute atomic E-state index is 0.0455. The largest absolute Gasteiger partial charge is 0.496 e. The molecule has 3 nitrogen and oxygen atoms in total. The maximum atomic E-state index is 10.5. The summed E-state index contributed by atoms with van der Waals surface area (Å²) < 4.78 is 5.46. The molecule has 1 atom stereocenters. The first-order valence-corrected chi connectivity index (χ1v) is 6.64. The molecule has 108 valence electrons. The Kier molecular flexibility index (Phi) is 4.64. The molecule has 1 unspecified atom stereocenters. The number of hydrogen-bond acceptors (Lipinski definition) is 3. The van der Waals surface area contributed by atoms with Crippen LogP contribution in [-0.4, -0.2) is 36.8 Å². The molecular weight excluding hydrogens is 238 g/mol. The Bertz CT molecular complexity index is 459. The van der Waals surface area contributed by atoms with Gasteiger partial charge in [-0.1, -0.05) is 6.07 Å². The highest BCUT2D eigenvalue weighted by Gasteiger charge is 2.32. The molecule has 0 saturated heterocycles. The van der Waals surface area contributed by atoms with Crippen molar-refractivity contribution in [3.8, 4) is 5.75 Å². The molecule has 1 aromatic carbocycles. The van der Waals surface area contributed by atoms with Crippen molar-refractivity contribution in [2.45, 2.75) is 46.3 Å². The van der Waals surface area contributed by atoms with Crippen LogP contribution in [0.1, 0.15) is 42.1 Å². The summed E-state index contributed by atoms with van der Waals surface area (Å²) in [6, 6.07) is 2.08. The lowest BCUT2D eigenvalue weighted by Gasteiger charge is -2.36. The quantitative estimate of drug-likeness (QED) is 0.908. The van der Waals surface area contributed by atoms with Crippen molar-refractivity contribution in [3.05, 3.63) is 28.3 Å². The fourth-order valence-corrected chi connectivity index (χ4v) is 2.98. The molecule has 0 fully saturated rings. The molecule has 0 saturated carbocycles. The van der Waals surface area contributed by atoms with Gasteiger partial charge in [0.15, 0.2) is 0 Å². The first-order valence-electron chi connectivity index (χ1n) is 6.64. The number of methoxy groups -OCH3 is 1. The SMILES string of the molecule is COc1c(C)cc(C(N(C)C)C(C)(C)O)c(C)c1C. The van der Waals surface area contributed by atoms with Crippen LogP contribution in [0.2, 0.25) is 0 Å². The molecule has 0 radical (unpaired) electrons. The summed E-state index contributed by atoms with van der Waals surface area (Å²) in [7, 11) is 5.70. The van der Waals surface area contributed by atoms with Crippen LogP contribution in [-0.2, 0) is 0 Å². The minimum atomic E-state index is -0.804. The highest BCUT2D eigenvalue weighted by Crippen LogP contribution is 2.37. The number of rotatable bonds is 4. The van der Waals surface area contributed by atoms with E-state index in [2.05, 4.69) is 24.8 Å². The van der Waals surface area contributed by atoms with E-state index < -0.39 is 5.60 Å². The van der Waals surface area contributed by atoms with E-state index in [1.807, 2.05) is 34.9 Å². The van der Waals surface area contributed by atoms with Crippen LogP contribution in [0.5, 0.6) is 5.75 Å². The van der Waals surface area contributed by atoms with Gasteiger partial charge < -0.3 is 9.84 Å². The lowest BCUT2D eigenvalue weighted by Crippen LogP contribution is -2.39. The topological polar surface area (TPSA) is 32.7 Å². The lowest BCUT2D eigenvalue weighted by molar-refractivity contribution is -0.00348. The number of ether oxygens (including phenoxy) is 1. The molecule has 0 spiro atoms. The van der Waals surface area contributed by atoms with Crippen molar-refractivity contribution >= 4 is 0 Å². The number of aliphatic hydroxyl groups is 1. The number of nitrogens with zero attached hydrogens (tertiary/aromatic N) is 1. The smallest absolute Gasteiger partial charge is 0.124 e. The number of aryl methyl sites for hydroxylation is 1. The molecule has 0 aliphatic carbocycles. The second kappa shape index (κ2) is 5.51. The van der Waals surface area contributed by atoms with Gasteiger partial charge in [0.2, 0.25) is 0 Å². The standard InChI is InChI=1S/C16H27NO2/c1-10-9-13(11(2)12(3)14(10)19-8)15(17(6)7)16(4,5)18/h9,15,18H,1-8H3. The Hall–Kier alpha value is -1.06. The number of hydrogen-bond donors (Lipinski definition) is 1. The second-order valence-corrected chi connectivity index (χ2v) is 6.09. The third-order valence-electron chi connectivity index (χ3n) is 3.75. The van der Waals surface area contributed by atoms with Gasteiger partial charge in [-0.15, -0.1) is 0 Å². The number of likely N-dealkylation sites (N-methyl/N-ethyl adjacent to an activating group) is 1. The van der Waals surface area contributed by atoms with Crippen molar-refractivity contribution in [1.29, 1.82) is 0 Å². The zero-order valence-electron chi connectivity index (χ0n) is 13.5. The van der Waals surface area contributed by atoms with E-state index in [1.165, 1.54) is 5.56 Å². The van der Waals surface area contributed by atoms with Gasteiger partial charge in [-0.3, -0.25) is 4.90 Å². The van der Waals surface area contributed by atoms with Gasteiger partial charge in [0, 0.05) is 0 Å². The molecule has 3 heteroatoms. The highest BCUT2D eigenvalue weighted by atomic mass is 16.5. The third-order valence-corrected chi connectivity index (χ3v) is 3.75. The van der Waals surface area contributed by atoms with Gasteiger partial charge in [-0.2, -0.15) is 0 Å². The van der Waals surface area contributed by atoms with E-state index in [4.69, 9.17) is 4.74 Å². The van der Waals surface area contributed by atoms with E-state index >= 15 is 0 Å². The normalized spacial score (nSPS) is 13.8. The summed E-state index contributed by atoms with van der Waals surface area (Å²) in [6.45, 7) is 9.92. The second-order valence-electron chi connectivity index (χ2n) is 6.09. The van der Waals surface area contributed by atoms with Crippen LogP contribution in [0, 0.1) is 20.8 Å². The average molecular weight is 265 g/mol. The summed E-state index contributed by atoms with van der Waals surface area (Å²) in [5, 5.41) is 10.5. The van der Waals surface area contributed by atoms with Gasteiger partial charge in [0.1, 0.15) is 5.75 Å². The molecule has 0 amide bonds. The average Bonchev–Trinajstić information content (AvgIpc) is 2.23. The highest BCUT2D eigenvalue weighted by molar-refractivity contribution is 5.50. The fraction of sp³-hybridized carbons (Fsp3) is 0.625.